The monoisotopic (exact) mass is 641 g/mol. The zero-order valence-electron chi connectivity index (χ0n) is 24.5. The number of hydrogen-bond donors (Lipinski definition) is 2. The largest absolute Gasteiger partial charge is 0.484 e. The molecule has 2 saturated heterocycles. The van der Waals surface area contributed by atoms with E-state index in [4.69, 9.17) is 9.47 Å². The Morgan fingerprint density at radius 3 is 2.55 bits per heavy atom. The fourth-order valence-electron chi connectivity index (χ4n) is 8.33. The SMILES string of the molecule is CC(C)CC(C(=O)O)N1C(=O)C2C3CC(C2C1=O)C1C3Sc2[nH]c(=O)sc2[C@@H]1c1cccc(OCC(=O)N2CCOCC2)c1. The number of aromatic amines is 1. The number of carboxylic acid groups (broad SMARTS) is 1. The van der Waals surface area contributed by atoms with Gasteiger partial charge in [-0.2, -0.15) is 0 Å². The second-order valence-electron chi connectivity index (χ2n) is 12.8. The van der Waals surface area contributed by atoms with Gasteiger partial charge in [0.15, 0.2) is 6.61 Å². The van der Waals surface area contributed by atoms with Crippen molar-refractivity contribution in [2.24, 2.45) is 35.5 Å². The molecule has 13 heteroatoms. The Bertz CT molecular complexity index is 1560. The minimum Gasteiger partial charge on any atom is -0.484 e. The number of rotatable bonds is 8. The van der Waals surface area contributed by atoms with Gasteiger partial charge < -0.3 is 24.5 Å². The van der Waals surface area contributed by atoms with Crippen LogP contribution in [0, 0.1) is 35.5 Å². The van der Waals surface area contributed by atoms with E-state index in [0.717, 1.165) is 20.4 Å². The van der Waals surface area contributed by atoms with Gasteiger partial charge in [-0.15, -0.1) is 11.8 Å². The fourth-order valence-corrected chi connectivity index (χ4v) is 11.2. The Morgan fingerprint density at radius 2 is 1.84 bits per heavy atom. The second-order valence-corrected chi connectivity index (χ2v) is 15.0. The van der Waals surface area contributed by atoms with Crippen LogP contribution in [0.5, 0.6) is 5.75 Å². The quantitative estimate of drug-likeness (QED) is 0.416. The molecule has 2 aromatic rings. The van der Waals surface area contributed by atoms with E-state index in [9.17, 15) is 29.1 Å². The van der Waals surface area contributed by atoms with Gasteiger partial charge in [0.05, 0.1) is 30.1 Å². The fraction of sp³-hybridized carbons (Fsp3) is 0.581. The Kier molecular flexibility index (Phi) is 7.61. The number of carbonyl (C=O) groups excluding carboxylic acids is 3. The van der Waals surface area contributed by atoms with Crippen LogP contribution in [0.4, 0.5) is 0 Å². The average molecular weight is 642 g/mol. The van der Waals surface area contributed by atoms with E-state index in [1.807, 2.05) is 32.0 Å². The van der Waals surface area contributed by atoms with Crippen molar-refractivity contribution in [1.82, 2.24) is 14.8 Å². The summed E-state index contributed by atoms with van der Waals surface area (Å²) in [5.41, 5.74) is 0.925. The third-order valence-electron chi connectivity index (χ3n) is 9.99. The van der Waals surface area contributed by atoms with E-state index in [0.29, 0.717) is 38.5 Å². The van der Waals surface area contributed by atoms with Crippen molar-refractivity contribution in [3.8, 4) is 5.75 Å². The molecule has 3 aliphatic heterocycles. The molecular weight excluding hydrogens is 606 g/mol. The van der Waals surface area contributed by atoms with Gasteiger partial charge in [-0.1, -0.05) is 37.3 Å². The summed E-state index contributed by atoms with van der Waals surface area (Å²) in [6, 6.07) is 6.42. The Labute approximate surface area is 262 Å². The third kappa shape index (κ3) is 4.78. The number of aromatic nitrogens is 1. The lowest BCUT2D eigenvalue weighted by Crippen LogP contribution is -2.47. The van der Waals surface area contributed by atoms with Gasteiger partial charge in [0.2, 0.25) is 11.8 Å². The maximum Gasteiger partial charge on any atom is 0.326 e. The Hall–Kier alpha value is -3.16. The van der Waals surface area contributed by atoms with Gasteiger partial charge in [0.1, 0.15) is 11.8 Å². The lowest BCUT2D eigenvalue weighted by Gasteiger charge is -2.43. The molecule has 7 rings (SSSR count). The van der Waals surface area contributed by atoms with Gasteiger partial charge in [0.25, 0.3) is 5.91 Å². The number of carbonyl (C=O) groups is 4. The number of nitrogens with zero attached hydrogens (tertiary/aromatic N) is 2. The number of benzene rings is 1. The molecule has 11 nitrogen and oxygen atoms in total. The van der Waals surface area contributed by atoms with Gasteiger partial charge in [-0.25, -0.2) is 4.79 Å². The standard InChI is InChI=1S/C31H35N3O8S2/c1-14(2)10-19(30(38)39)34-28(36)23-17-12-18(24(23)29(34)37)25-22(17)21(26-27(43-25)32-31(40)44-26)15-4-3-5-16(11-15)42-13-20(35)33-6-8-41-9-7-33/h3-5,11,14,17-19,21-25H,6-10,12-13H2,1-2H3,(H,32,40)(H,38,39)/t17?,18?,19?,21-,22?,23?,24?,25?/m1/s1. The normalized spacial score (nSPS) is 31.2. The van der Waals surface area contributed by atoms with Crippen molar-refractivity contribution in [3.63, 3.8) is 0 Å². The van der Waals surface area contributed by atoms with Crippen LogP contribution in [-0.4, -0.2) is 87.8 Å². The zero-order valence-corrected chi connectivity index (χ0v) is 26.1. The van der Waals surface area contributed by atoms with Crippen LogP contribution in [0.15, 0.2) is 34.1 Å². The minimum atomic E-state index is -1.17. The molecule has 1 aromatic carbocycles. The summed E-state index contributed by atoms with van der Waals surface area (Å²) in [6.45, 7) is 5.77. The zero-order chi connectivity index (χ0) is 30.9. The smallest absolute Gasteiger partial charge is 0.326 e. The molecule has 8 atom stereocenters. The highest BCUT2D eigenvalue weighted by Gasteiger charge is 2.70. The molecule has 0 spiro atoms. The van der Waals surface area contributed by atoms with Crippen LogP contribution < -0.4 is 9.61 Å². The first-order chi connectivity index (χ1) is 21.1. The first kappa shape index (κ1) is 29.5. The number of morpholine rings is 1. The van der Waals surface area contributed by atoms with Gasteiger partial charge >= 0.3 is 10.8 Å². The number of thioether (sulfide) groups is 1. The molecule has 44 heavy (non-hydrogen) atoms. The molecule has 2 N–H and O–H groups in total. The Morgan fingerprint density at radius 1 is 1.11 bits per heavy atom. The second kappa shape index (κ2) is 11.3. The van der Waals surface area contributed by atoms with Gasteiger partial charge in [-0.3, -0.25) is 24.1 Å². The number of aliphatic carboxylic acids is 1. The highest BCUT2D eigenvalue weighted by Crippen LogP contribution is 2.68. The van der Waals surface area contributed by atoms with Crippen LogP contribution in [0.1, 0.15) is 43.0 Å². The molecule has 1 aromatic heterocycles. The number of imide groups is 1. The lowest BCUT2D eigenvalue weighted by atomic mass is 9.68. The van der Waals surface area contributed by atoms with E-state index in [-0.39, 0.29) is 70.5 Å². The number of ether oxygens (including phenoxy) is 2. The van der Waals surface area contributed by atoms with Crippen LogP contribution in [0.2, 0.25) is 0 Å². The van der Waals surface area contributed by atoms with E-state index >= 15 is 0 Å². The summed E-state index contributed by atoms with van der Waals surface area (Å²) in [6.07, 6.45) is 0.927. The maximum atomic E-state index is 13.9. The van der Waals surface area contributed by atoms with Crippen molar-refractivity contribution in [2.75, 3.05) is 32.9 Å². The van der Waals surface area contributed by atoms with Crippen molar-refractivity contribution < 1.29 is 33.8 Å². The molecule has 2 aliphatic carbocycles. The summed E-state index contributed by atoms with van der Waals surface area (Å²) in [4.78, 5) is 71.8. The predicted molar refractivity (Wildman–Crippen MR) is 161 cm³/mol. The number of nitrogens with one attached hydrogen (secondary N) is 1. The number of thiazole rings is 1. The molecule has 2 saturated carbocycles. The number of fused-ring (bicyclic) bond motifs is 9. The molecule has 0 radical (unpaired) electrons. The van der Waals surface area contributed by atoms with Crippen LogP contribution in [0.3, 0.4) is 0 Å². The first-order valence-electron chi connectivity index (χ1n) is 15.2. The predicted octanol–water partition coefficient (Wildman–Crippen LogP) is 2.65. The highest BCUT2D eigenvalue weighted by molar-refractivity contribution is 8.00. The van der Waals surface area contributed by atoms with Crippen molar-refractivity contribution in [3.05, 3.63) is 44.4 Å². The number of amides is 3. The summed E-state index contributed by atoms with van der Waals surface area (Å²) < 4.78 is 11.3. The van der Waals surface area contributed by atoms with E-state index in [2.05, 4.69) is 4.98 Å². The Balaban J connectivity index is 1.19. The molecule has 7 unspecified atom stereocenters. The minimum absolute atomic E-state index is 0.00264. The number of hydrogen-bond acceptors (Lipinski definition) is 9. The van der Waals surface area contributed by atoms with E-state index in [1.54, 1.807) is 22.7 Å². The molecule has 3 amide bonds. The third-order valence-corrected chi connectivity index (χ3v) is 12.6. The topological polar surface area (TPSA) is 146 Å². The van der Waals surface area contributed by atoms with E-state index < -0.39 is 23.8 Å². The summed E-state index contributed by atoms with van der Waals surface area (Å²) in [7, 11) is 0. The van der Waals surface area contributed by atoms with Gasteiger partial charge in [-0.05, 0) is 54.2 Å². The average Bonchev–Trinajstić information content (AvgIpc) is 3.74. The van der Waals surface area contributed by atoms with E-state index in [1.165, 1.54) is 11.3 Å². The highest BCUT2D eigenvalue weighted by atomic mass is 32.2. The molecule has 5 aliphatic rings. The molecule has 4 fully saturated rings. The van der Waals surface area contributed by atoms with Crippen LogP contribution in [0.25, 0.3) is 0 Å². The van der Waals surface area contributed by atoms with Crippen molar-refractivity contribution in [1.29, 1.82) is 0 Å². The van der Waals surface area contributed by atoms with Gasteiger partial charge in [0, 0.05) is 29.1 Å². The molecule has 4 heterocycles. The molecular formula is C31H35N3O8S2. The number of H-pyrrole nitrogens is 1. The van der Waals surface area contributed by atoms with Crippen molar-refractivity contribution in [2.45, 2.75) is 48.9 Å². The van der Waals surface area contributed by atoms with Crippen molar-refractivity contribution >= 4 is 46.8 Å². The number of carboxylic acids is 1. The summed E-state index contributed by atoms with van der Waals surface area (Å²) >= 11 is 2.76. The molecule has 234 valence electrons. The maximum absolute atomic E-state index is 13.9. The lowest BCUT2D eigenvalue weighted by molar-refractivity contribution is -0.156. The van der Waals surface area contributed by atoms with Crippen LogP contribution in [-0.2, 0) is 23.9 Å². The summed E-state index contributed by atoms with van der Waals surface area (Å²) in [5, 5.41) is 10.8. The molecule has 2 bridgehead atoms. The number of likely N-dealkylation sites (tertiary alicyclic amines) is 1. The summed E-state index contributed by atoms with van der Waals surface area (Å²) in [5.74, 6) is -3.00. The first-order valence-corrected chi connectivity index (χ1v) is 16.9. The van der Waals surface area contributed by atoms with Crippen LogP contribution >= 0.6 is 23.1 Å².